The second-order valence-corrected chi connectivity index (χ2v) is 8.26. The van der Waals surface area contributed by atoms with Gasteiger partial charge in [0.25, 0.3) is 0 Å². The number of thioether (sulfide) groups is 1. The van der Waals surface area contributed by atoms with Gasteiger partial charge in [-0.15, -0.1) is 10.2 Å². The maximum absolute atomic E-state index is 12.5. The molecular weight excluding hydrogens is 400 g/mol. The number of rotatable bonds is 8. The first-order valence-corrected chi connectivity index (χ1v) is 10.5. The summed E-state index contributed by atoms with van der Waals surface area (Å²) in [6.45, 7) is 5.75. The number of methoxy groups -OCH3 is 1. The van der Waals surface area contributed by atoms with E-state index in [0.29, 0.717) is 16.7 Å². The number of nitrogens with one attached hydrogen (secondary N) is 1. The lowest BCUT2D eigenvalue weighted by molar-refractivity contribution is -0.115. The van der Waals surface area contributed by atoms with Crippen LogP contribution in [0.2, 0.25) is 0 Å². The fraction of sp³-hybridized carbons (Fsp3) is 0.318. The van der Waals surface area contributed by atoms with Crippen molar-refractivity contribution in [3.63, 3.8) is 0 Å². The van der Waals surface area contributed by atoms with Crippen LogP contribution in [0.15, 0.2) is 53.7 Å². The topological polar surface area (TPSA) is 78.3 Å². The highest BCUT2D eigenvalue weighted by Gasteiger charge is 2.22. The van der Waals surface area contributed by atoms with Crippen molar-refractivity contribution in [2.45, 2.75) is 37.3 Å². The maximum atomic E-state index is 12.5. The molecule has 1 N–H and O–H groups in total. The summed E-state index contributed by atoms with van der Waals surface area (Å²) >= 11 is 1.36. The van der Waals surface area contributed by atoms with Gasteiger partial charge in [0.05, 0.1) is 12.4 Å². The van der Waals surface area contributed by atoms with Gasteiger partial charge in [0, 0.05) is 12.7 Å². The highest BCUT2D eigenvalue weighted by Crippen LogP contribution is 2.27. The number of ether oxygens (including phenoxy) is 2. The molecule has 1 heterocycles. The van der Waals surface area contributed by atoms with E-state index in [1.807, 2.05) is 80.9 Å². The van der Waals surface area contributed by atoms with Gasteiger partial charge in [-0.25, -0.2) is 0 Å². The third-order valence-corrected chi connectivity index (χ3v) is 5.68. The monoisotopic (exact) mass is 426 g/mol. The Balaban J connectivity index is 1.62. The van der Waals surface area contributed by atoms with Crippen LogP contribution in [0, 0.1) is 6.92 Å². The minimum atomic E-state index is -0.334. The van der Waals surface area contributed by atoms with Crippen LogP contribution in [0.1, 0.15) is 31.3 Å². The molecule has 1 amide bonds. The van der Waals surface area contributed by atoms with E-state index in [4.69, 9.17) is 9.47 Å². The van der Waals surface area contributed by atoms with E-state index in [1.54, 1.807) is 7.11 Å². The summed E-state index contributed by atoms with van der Waals surface area (Å²) in [4.78, 5) is 12.5. The van der Waals surface area contributed by atoms with Crippen molar-refractivity contribution in [2.75, 3.05) is 12.4 Å². The molecule has 2 atom stereocenters. The van der Waals surface area contributed by atoms with Gasteiger partial charge in [-0.2, -0.15) is 0 Å². The average Bonchev–Trinajstić information content (AvgIpc) is 3.09. The summed E-state index contributed by atoms with van der Waals surface area (Å²) in [6, 6.07) is 15.1. The van der Waals surface area contributed by atoms with E-state index >= 15 is 0 Å². The van der Waals surface area contributed by atoms with Gasteiger partial charge < -0.3 is 19.4 Å². The van der Waals surface area contributed by atoms with Gasteiger partial charge in [-0.1, -0.05) is 23.9 Å². The lowest BCUT2D eigenvalue weighted by Crippen LogP contribution is -2.23. The molecule has 30 heavy (non-hydrogen) atoms. The van der Waals surface area contributed by atoms with Crippen molar-refractivity contribution in [1.82, 2.24) is 14.8 Å². The minimum absolute atomic E-state index is 0.0855. The summed E-state index contributed by atoms with van der Waals surface area (Å²) < 4.78 is 13.0. The zero-order valence-corrected chi connectivity index (χ0v) is 18.6. The molecule has 8 heteroatoms. The summed E-state index contributed by atoms with van der Waals surface area (Å²) in [7, 11) is 3.50. The van der Waals surface area contributed by atoms with Gasteiger partial charge >= 0.3 is 0 Å². The number of amides is 1. The number of aromatic nitrogens is 3. The number of benzene rings is 2. The molecule has 7 nitrogen and oxygen atoms in total. The van der Waals surface area contributed by atoms with Crippen LogP contribution in [0.25, 0.3) is 0 Å². The van der Waals surface area contributed by atoms with Crippen molar-refractivity contribution < 1.29 is 14.3 Å². The summed E-state index contributed by atoms with van der Waals surface area (Å²) in [5.74, 6) is 2.08. The Morgan fingerprint density at radius 3 is 2.47 bits per heavy atom. The van der Waals surface area contributed by atoms with E-state index in [2.05, 4.69) is 15.5 Å². The van der Waals surface area contributed by atoms with Crippen molar-refractivity contribution in [3.8, 4) is 11.5 Å². The molecule has 3 aromatic rings. The number of aryl methyl sites for hydroxylation is 1. The molecule has 0 aliphatic heterocycles. The van der Waals surface area contributed by atoms with E-state index < -0.39 is 0 Å². The quantitative estimate of drug-likeness (QED) is 0.538. The van der Waals surface area contributed by atoms with Crippen LogP contribution < -0.4 is 14.8 Å². The number of anilines is 1. The normalized spacial score (nSPS) is 12.8. The van der Waals surface area contributed by atoms with Crippen molar-refractivity contribution in [2.24, 2.45) is 7.05 Å². The Labute approximate surface area is 180 Å². The molecule has 158 valence electrons. The molecule has 0 aliphatic carbocycles. The molecule has 0 radical (unpaired) electrons. The van der Waals surface area contributed by atoms with Gasteiger partial charge in [-0.05, 0) is 62.7 Å². The van der Waals surface area contributed by atoms with Crippen molar-refractivity contribution in [1.29, 1.82) is 0 Å². The molecule has 1 aromatic heterocycles. The molecule has 2 aromatic carbocycles. The molecule has 0 saturated carbocycles. The molecule has 0 aliphatic rings. The van der Waals surface area contributed by atoms with E-state index in [0.717, 1.165) is 17.0 Å². The smallest absolute Gasteiger partial charge is 0.237 e. The number of carbonyl (C=O) groups excluding carboxylic acids is 1. The Kier molecular flexibility index (Phi) is 6.99. The lowest BCUT2D eigenvalue weighted by Gasteiger charge is -2.15. The molecule has 0 fully saturated rings. The standard InChI is InChI=1S/C22H26N4O3S/c1-14-7-6-8-17(13-14)23-21(27)16(3)30-22-25-24-20(26(22)4)15(2)29-19-11-9-18(28-5)10-12-19/h6-13,15-16H,1-5H3,(H,23,27). The number of nitrogens with zero attached hydrogens (tertiary/aromatic N) is 3. The third-order valence-electron chi connectivity index (χ3n) is 4.54. The van der Waals surface area contributed by atoms with Gasteiger partial charge in [0.2, 0.25) is 5.91 Å². The van der Waals surface area contributed by atoms with Gasteiger partial charge in [0.15, 0.2) is 17.1 Å². The molecule has 3 rings (SSSR count). The van der Waals surface area contributed by atoms with Crippen molar-refractivity contribution >= 4 is 23.4 Å². The zero-order chi connectivity index (χ0) is 21.7. The Morgan fingerprint density at radius 1 is 1.10 bits per heavy atom. The highest BCUT2D eigenvalue weighted by atomic mass is 32.2. The Hall–Kier alpha value is -3.00. The first kappa shape index (κ1) is 21.7. The number of hydrogen-bond acceptors (Lipinski definition) is 6. The summed E-state index contributed by atoms with van der Waals surface area (Å²) in [5.41, 5.74) is 1.88. The molecule has 0 bridgehead atoms. The largest absolute Gasteiger partial charge is 0.497 e. The molecule has 0 spiro atoms. The second-order valence-electron chi connectivity index (χ2n) is 6.95. The lowest BCUT2D eigenvalue weighted by atomic mass is 10.2. The predicted octanol–water partition coefficient (Wildman–Crippen LogP) is 4.39. The summed E-state index contributed by atoms with van der Waals surface area (Å²) in [6.07, 6.45) is -0.304. The third kappa shape index (κ3) is 5.33. The fourth-order valence-corrected chi connectivity index (χ4v) is 3.69. The van der Waals surface area contributed by atoms with Crippen LogP contribution in [0.4, 0.5) is 5.69 Å². The first-order valence-electron chi connectivity index (χ1n) is 9.61. The minimum Gasteiger partial charge on any atom is -0.497 e. The van der Waals surface area contributed by atoms with E-state index in [-0.39, 0.29) is 17.3 Å². The van der Waals surface area contributed by atoms with Crippen LogP contribution in [0.5, 0.6) is 11.5 Å². The number of carbonyl (C=O) groups is 1. The SMILES string of the molecule is COc1ccc(OC(C)c2nnc(SC(C)C(=O)Nc3cccc(C)c3)n2C)cc1. The number of hydrogen-bond donors (Lipinski definition) is 1. The fourth-order valence-electron chi connectivity index (χ4n) is 2.87. The Morgan fingerprint density at radius 2 is 1.80 bits per heavy atom. The molecule has 2 unspecified atom stereocenters. The van der Waals surface area contributed by atoms with E-state index in [1.165, 1.54) is 11.8 Å². The van der Waals surface area contributed by atoms with Crippen LogP contribution in [0.3, 0.4) is 0 Å². The molecule has 0 saturated heterocycles. The second kappa shape index (κ2) is 9.67. The Bertz CT molecular complexity index is 1000. The van der Waals surface area contributed by atoms with Gasteiger partial charge in [0.1, 0.15) is 11.5 Å². The van der Waals surface area contributed by atoms with Crippen LogP contribution >= 0.6 is 11.8 Å². The first-order chi connectivity index (χ1) is 14.4. The summed E-state index contributed by atoms with van der Waals surface area (Å²) in [5, 5.41) is 11.8. The molecular formula is C22H26N4O3S. The average molecular weight is 427 g/mol. The maximum Gasteiger partial charge on any atom is 0.237 e. The zero-order valence-electron chi connectivity index (χ0n) is 17.7. The van der Waals surface area contributed by atoms with Crippen LogP contribution in [-0.2, 0) is 11.8 Å². The highest BCUT2D eigenvalue weighted by molar-refractivity contribution is 8.00. The van der Waals surface area contributed by atoms with Gasteiger partial charge in [-0.3, -0.25) is 4.79 Å². The van der Waals surface area contributed by atoms with Crippen LogP contribution in [-0.4, -0.2) is 33.0 Å². The van der Waals surface area contributed by atoms with Crippen molar-refractivity contribution in [3.05, 3.63) is 59.9 Å². The van der Waals surface area contributed by atoms with E-state index in [9.17, 15) is 4.79 Å². The predicted molar refractivity (Wildman–Crippen MR) is 118 cm³/mol.